The number of aliphatic imine (C=N–C) groups is 1. The van der Waals surface area contributed by atoms with Crippen molar-refractivity contribution < 1.29 is 4.74 Å². The summed E-state index contributed by atoms with van der Waals surface area (Å²) in [5.41, 5.74) is 1.18. The Morgan fingerprint density at radius 2 is 2.07 bits per heavy atom. The zero-order valence-electron chi connectivity index (χ0n) is 17.5. The minimum absolute atomic E-state index is 0. The molecular weight excluding hydrogens is 455 g/mol. The van der Waals surface area contributed by atoms with E-state index in [0.717, 1.165) is 31.9 Å². The van der Waals surface area contributed by atoms with Gasteiger partial charge in [0.05, 0.1) is 17.5 Å². The van der Waals surface area contributed by atoms with Gasteiger partial charge in [-0.25, -0.2) is 0 Å². The van der Waals surface area contributed by atoms with E-state index >= 15 is 0 Å². The van der Waals surface area contributed by atoms with Crippen molar-refractivity contribution in [3.05, 3.63) is 12.4 Å². The number of hydrogen-bond acceptors (Lipinski definition) is 4. The number of nitrogens with one attached hydrogen (secondary N) is 2. The molecule has 0 bridgehead atoms. The Bertz CT molecular complexity index is 660. The third kappa shape index (κ3) is 4.36. The summed E-state index contributed by atoms with van der Waals surface area (Å²) in [4.78, 5) is 6.86. The number of methoxy groups -OCH3 is 1. The zero-order chi connectivity index (χ0) is 18.9. The van der Waals surface area contributed by atoms with E-state index in [1.54, 1.807) is 7.11 Å². The van der Waals surface area contributed by atoms with Gasteiger partial charge in [0.25, 0.3) is 0 Å². The smallest absolute Gasteiger partial charge is 0.191 e. The van der Waals surface area contributed by atoms with Gasteiger partial charge in [-0.2, -0.15) is 5.10 Å². The monoisotopic (exact) mass is 490 g/mol. The zero-order valence-corrected chi connectivity index (χ0v) is 19.8. The fourth-order valence-electron chi connectivity index (χ4n) is 4.15. The molecule has 7 nitrogen and oxygen atoms in total. The first-order valence-corrected chi connectivity index (χ1v) is 9.57. The Morgan fingerprint density at radius 3 is 2.63 bits per heavy atom. The number of nitrogens with zero attached hydrogens (tertiary/aromatic N) is 4. The highest BCUT2D eigenvalue weighted by atomic mass is 127. The topological polar surface area (TPSA) is 66.7 Å². The summed E-state index contributed by atoms with van der Waals surface area (Å²) in [5, 5.41) is 11.5. The molecule has 0 amide bonds. The van der Waals surface area contributed by atoms with Gasteiger partial charge >= 0.3 is 0 Å². The summed E-state index contributed by atoms with van der Waals surface area (Å²) in [6.45, 7) is 8.76. The van der Waals surface area contributed by atoms with Crippen molar-refractivity contribution in [2.45, 2.75) is 57.7 Å². The molecule has 1 saturated carbocycles. The van der Waals surface area contributed by atoms with Crippen molar-refractivity contribution in [2.75, 3.05) is 32.1 Å². The normalized spacial score (nSPS) is 30.3. The number of anilines is 1. The highest BCUT2D eigenvalue weighted by Gasteiger charge is 2.58. The molecule has 1 aliphatic heterocycles. The lowest BCUT2D eigenvalue weighted by Gasteiger charge is -2.59. The molecule has 2 aliphatic rings. The maximum absolute atomic E-state index is 5.73. The van der Waals surface area contributed by atoms with Gasteiger partial charge < -0.3 is 20.3 Å². The van der Waals surface area contributed by atoms with Gasteiger partial charge in [0.1, 0.15) is 0 Å². The first-order valence-electron chi connectivity index (χ1n) is 9.57. The molecule has 2 N–H and O–H groups in total. The van der Waals surface area contributed by atoms with Gasteiger partial charge in [-0.3, -0.25) is 9.67 Å². The molecular formula is C19H35IN6O. The number of piperidine rings is 1. The van der Waals surface area contributed by atoms with Crippen LogP contribution in [0.25, 0.3) is 0 Å². The van der Waals surface area contributed by atoms with Crippen LogP contribution in [-0.2, 0) is 11.8 Å². The van der Waals surface area contributed by atoms with Gasteiger partial charge in [-0.05, 0) is 26.2 Å². The molecule has 3 atom stereocenters. The minimum Gasteiger partial charge on any atom is -0.378 e. The van der Waals surface area contributed by atoms with Crippen LogP contribution in [0.4, 0.5) is 5.69 Å². The van der Waals surface area contributed by atoms with E-state index in [1.165, 1.54) is 12.1 Å². The number of rotatable bonds is 4. The van der Waals surface area contributed by atoms with Gasteiger partial charge in [0.2, 0.25) is 0 Å². The number of ether oxygens (including phenoxy) is 1. The van der Waals surface area contributed by atoms with Crippen molar-refractivity contribution >= 4 is 35.6 Å². The van der Waals surface area contributed by atoms with Crippen molar-refractivity contribution in [1.82, 2.24) is 20.4 Å². The average Bonchev–Trinajstić information content (AvgIpc) is 3.07. The van der Waals surface area contributed by atoms with E-state index < -0.39 is 0 Å². The first kappa shape index (κ1) is 22.3. The largest absolute Gasteiger partial charge is 0.378 e. The molecule has 154 valence electrons. The second-order valence-corrected chi connectivity index (χ2v) is 8.43. The standard InChI is InChI=1S/C19H34N6O.HI/c1-18(2)16(10-19(18,3)26-6)23-17(20-4)22-14-8-7-9-25(12-14)15-11-21-24(5)13-15;/h11,13-14,16H,7-10,12H2,1-6H3,(H2,20,22,23);1H. The van der Waals surface area contributed by atoms with Crippen LogP contribution < -0.4 is 15.5 Å². The van der Waals surface area contributed by atoms with Gasteiger partial charge in [-0.15, -0.1) is 24.0 Å². The van der Waals surface area contributed by atoms with Crippen molar-refractivity contribution in [1.29, 1.82) is 0 Å². The molecule has 2 heterocycles. The predicted octanol–water partition coefficient (Wildman–Crippen LogP) is 2.38. The lowest BCUT2D eigenvalue weighted by atomic mass is 9.56. The van der Waals surface area contributed by atoms with E-state index in [2.05, 4.69) is 52.6 Å². The SMILES string of the molecule is CN=C(NC1CCCN(c2cnn(C)c2)C1)NC1CC(C)(OC)C1(C)C.I. The Labute approximate surface area is 180 Å². The molecule has 8 heteroatoms. The number of halogens is 1. The molecule has 27 heavy (non-hydrogen) atoms. The molecule has 0 radical (unpaired) electrons. The van der Waals surface area contributed by atoms with Crippen LogP contribution in [0.2, 0.25) is 0 Å². The minimum atomic E-state index is -0.0779. The molecule has 1 aliphatic carbocycles. The third-order valence-electron chi connectivity index (χ3n) is 6.63. The maximum Gasteiger partial charge on any atom is 0.191 e. The molecule has 1 saturated heterocycles. The number of aryl methyl sites for hydroxylation is 1. The summed E-state index contributed by atoms with van der Waals surface area (Å²) < 4.78 is 7.59. The molecule has 0 spiro atoms. The van der Waals surface area contributed by atoms with Crippen molar-refractivity contribution in [3.63, 3.8) is 0 Å². The van der Waals surface area contributed by atoms with Crippen LogP contribution in [0.5, 0.6) is 0 Å². The van der Waals surface area contributed by atoms with Gasteiger partial charge in [-0.1, -0.05) is 13.8 Å². The van der Waals surface area contributed by atoms with Crippen LogP contribution in [0, 0.1) is 5.41 Å². The van der Waals surface area contributed by atoms with Gasteiger partial charge in [0, 0.05) is 58.0 Å². The Balaban J connectivity index is 0.00000261. The summed E-state index contributed by atoms with van der Waals surface area (Å²) in [5.74, 6) is 0.888. The molecule has 3 rings (SSSR count). The summed E-state index contributed by atoms with van der Waals surface area (Å²) in [6.07, 6.45) is 7.33. The third-order valence-corrected chi connectivity index (χ3v) is 6.63. The van der Waals surface area contributed by atoms with E-state index in [0.29, 0.717) is 12.1 Å². The number of hydrogen-bond donors (Lipinski definition) is 2. The number of aromatic nitrogens is 2. The highest BCUT2D eigenvalue weighted by Crippen LogP contribution is 2.51. The Hall–Kier alpha value is -1.03. The lowest BCUT2D eigenvalue weighted by molar-refractivity contribution is -0.176. The van der Waals surface area contributed by atoms with Crippen molar-refractivity contribution in [2.24, 2.45) is 17.5 Å². The van der Waals surface area contributed by atoms with E-state index in [9.17, 15) is 0 Å². The van der Waals surface area contributed by atoms with E-state index in [-0.39, 0.29) is 35.0 Å². The molecule has 1 aromatic rings. The second kappa shape index (κ2) is 8.55. The van der Waals surface area contributed by atoms with Crippen LogP contribution in [0.15, 0.2) is 17.4 Å². The van der Waals surface area contributed by atoms with Crippen molar-refractivity contribution in [3.8, 4) is 0 Å². The Morgan fingerprint density at radius 1 is 1.33 bits per heavy atom. The second-order valence-electron chi connectivity index (χ2n) is 8.43. The first-order chi connectivity index (χ1) is 12.3. The van der Waals surface area contributed by atoms with Gasteiger partial charge in [0.15, 0.2) is 5.96 Å². The van der Waals surface area contributed by atoms with Crippen LogP contribution in [0.1, 0.15) is 40.0 Å². The molecule has 2 fully saturated rings. The quantitative estimate of drug-likeness (QED) is 0.386. The maximum atomic E-state index is 5.73. The molecule has 3 unspecified atom stereocenters. The Kier molecular flexibility index (Phi) is 7.05. The average molecular weight is 490 g/mol. The predicted molar refractivity (Wildman–Crippen MR) is 121 cm³/mol. The summed E-state index contributed by atoms with van der Waals surface area (Å²) in [7, 11) is 5.61. The fourth-order valence-corrected chi connectivity index (χ4v) is 4.15. The van der Waals surface area contributed by atoms with Crippen LogP contribution >= 0.6 is 24.0 Å². The molecule has 0 aromatic carbocycles. The van der Waals surface area contributed by atoms with Crippen LogP contribution in [0.3, 0.4) is 0 Å². The lowest BCUT2D eigenvalue weighted by Crippen LogP contribution is -2.70. The number of guanidine groups is 1. The fraction of sp³-hybridized carbons (Fsp3) is 0.789. The molecule has 1 aromatic heterocycles. The van der Waals surface area contributed by atoms with E-state index in [4.69, 9.17) is 4.74 Å². The summed E-state index contributed by atoms with van der Waals surface area (Å²) in [6, 6.07) is 0.740. The van der Waals surface area contributed by atoms with Crippen LogP contribution in [-0.4, -0.2) is 60.7 Å². The summed E-state index contributed by atoms with van der Waals surface area (Å²) >= 11 is 0. The van der Waals surface area contributed by atoms with E-state index in [1.807, 2.05) is 25.0 Å². The highest BCUT2D eigenvalue weighted by molar-refractivity contribution is 14.0.